The Kier molecular flexibility index (Phi) is 4.71. The molecule has 6 heteroatoms. The van der Waals surface area contributed by atoms with Crippen molar-refractivity contribution in [1.82, 2.24) is 4.90 Å². The summed E-state index contributed by atoms with van der Waals surface area (Å²) in [5.41, 5.74) is 0.569. The summed E-state index contributed by atoms with van der Waals surface area (Å²) in [6, 6.07) is 4.93. The van der Waals surface area contributed by atoms with E-state index in [4.69, 9.17) is 16.3 Å². The fourth-order valence-electron chi connectivity index (χ4n) is 2.23. The summed E-state index contributed by atoms with van der Waals surface area (Å²) in [5.74, 6) is -0.251. The molecule has 1 fully saturated rings. The number of benzene rings is 1. The number of likely N-dealkylation sites (tertiary alicyclic amines) is 1. The average Bonchev–Trinajstić information content (AvgIpc) is 3.01. The smallest absolute Gasteiger partial charge is 0.264 e. The van der Waals surface area contributed by atoms with E-state index < -0.39 is 0 Å². The molecule has 0 spiro atoms. The molecule has 2 rings (SSSR count). The number of rotatable bonds is 3. The van der Waals surface area contributed by atoms with Gasteiger partial charge in [0.1, 0.15) is 11.6 Å². The number of ether oxygens (including phenoxy) is 1. The Morgan fingerprint density at radius 2 is 2.14 bits per heavy atom. The standard InChI is InChI=1S/C15H15ClN2O3/c1-21-13-8-10(7-12(16)14(13)19)6-11(9-17)15(20)18-4-2-3-5-18/h6-8,19H,2-5H2,1H3/b11-6+. The van der Waals surface area contributed by atoms with Crippen LogP contribution in [0, 0.1) is 11.3 Å². The monoisotopic (exact) mass is 306 g/mol. The second kappa shape index (κ2) is 6.51. The minimum Gasteiger partial charge on any atom is -0.503 e. The molecule has 1 N–H and O–H groups in total. The van der Waals surface area contributed by atoms with Crippen LogP contribution in [0.5, 0.6) is 11.5 Å². The molecule has 5 nitrogen and oxygen atoms in total. The first-order chi connectivity index (χ1) is 10.1. The van der Waals surface area contributed by atoms with E-state index in [0.717, 1.165) is 12.8 Å². The van der Waals surface area contributed by atoms with Gasteiger partial charge in [-0.3, -0.25) is 4.79 Å². The summed E-state index contributed by atoms with van der Waals surface area (Å²) >= 11 is 5.89. The topological polar surface area (TPSA) is 73.6 Å². The molecule has 1 aliphatic heterocycles. The molecule has 1 saturated heterocycles. The van der Waals surface area contributed by atoms with E-state index in [1.54, 1.807) is 4.90 Å². The number of carbonyl (C=O) groups excluding carboxylic acids is 1. The Bertz CT molecular complexity index is 629. The third-order valence-corrected chi connectivity index (χ3v) is 3.61. The summed E-state index contributed by atoms with van der Waals surface area (Å²) in [5, 5.41) is 19.0. The van der Waals surface area contributed by atoms with Crippen LogP contribution in [0.25, 0.3) is 6.08 Å². The molecule has 21 heavy (non-hydrogen) atoms. The number of methoxy groups -OCH3 is 1. The second-order valence-corrected chi connectivity index (χ2v) is 5.13. The van der Waals surface area contributed by atoms with Crippen LogP contribution in [-0.2, 0) is 4.79 Å². The number of hydrogen-bond donors (Lipinski definition) is 1. The van der Waals surface area contributed by atoms with Crippen LogP contribution in [0.2, 0.25) is 5.02 Å². The number of aromatic hydroxyl groups is 1. The van der Waals surface area contributed by atoms with Crippen molar-refractivity contribution in [2.75, 3.05) is 20.2 Å². The molecule has 1 heterocycles. The quantitative estimate of drug-likeness (QED) is 0.688. The molecule has 0 aliphatic carbocycles. The lowest BCUT2D eigenvalue weighted by Crippen LogP contribution is -2.28. The Balaban J connectivity index is 2.34. The van der Waals surface area contributed by atoms with Gasteiger partial charge in [0.25, 0.3) is 5.91 Å². The van der Waals surface area contributed by atoms with Crippen molar-refractivity contribution in [2.24, 2.45) is 0 Å². The van der Waals surface area contributed by atoms with Crippen molar-refractivity contribution in [1.29, 1.82) is 5.26 Å². The van der Waals surface area contributed by atoms with Gasteiger partial charge < -0.3 is 14.7 Å². The van der Waals surface area contributed by atoms with Crippen LogP contribution >= 0.6 is 11.6 Å². The van der Waals surface area contributed by atoms with Gasteiger partial charge in [-0.25, -0.2) is 0 Å². The highest BCUT2D eigenvalue weighted by Gasteiger charge is 2.21. The third kappa shape index (κ3) is 3.29. The minimum absolute atomic E-state index is 0.0423. The van der Waals surface area contributed by atoms with E-state index in [2.05, 4.69) is 0 Å². The molecule has 0 atom stereocenters. The maximum Gasteiger partial charge on any atom is 0.264 e. The van der Waals surface area contributed by atoms with Gasteiger partial charge >= 0.3 is 0 Å². The molecule has 1 aromatic rings. The first kappa shape index (κ1) is 15.2. The Labute approximate surface area is 128 Å². The number of carbonyl (C=O) groups is 1. The number of nitrogens with zero attached hydrogens (tertiary/aromatic N) is 2. The van der Waals surface area contributed by atoms with Crippen LogP contribution in [0.1, 0.15) is 18.4 Å². The summed E-state index contributed by atoms with van der Waals surface area (Å²) < 4.78 is 5.00. The first-order valence-corrected chi connectivity index (χ1v) is 6.92. The normalized spacial score (nSPS) is 14.9. The van der Waals surface area contributed by atoms with E-state index in [1.165, 1.54) is 25.3 Å². The van der Waals surface area contributed by atoms with Crippen LogP contribution < -0.4 is 4.74 Å². The van der Waals surface area contributed by atoms with Gasteiger partial charge in [0.05, 0.1) is 12.1 Å². The molecular formula is C15H15ClN2O3. The molecule has 1 aliphatic rings. The van der Waals surface area contributed by atoms with Crippen molar-refractivity contribution in [3.05, 3.63) is 28.3 Å². The molecule has 1 aromatic carbocycles. The van der Waals surface area contributed by atoms with Crippen molar-refractivity contribution < 1.29 is 14.6 Å². The van der Waals surface area contributed by atoms with E-state index >= 15 is 0 Å². The zero-order chi connectivity index (χ0) is 15.4. The Morgan fingerprint density at radius 1 is 1.48 bits per heavy atom. The van der Waals surface area contributed by atoms with Crippen LogP contribution in [-0.4, -0.2) is 36.1 Å². The summed E-state index contributed by atoms with van der Waals surface area (Å²) in [6.45, 7) is 1.36. The predicted molar refractivity (Wildman–Crippen MR) is 79.1 cm³/mol. The van der Waals surface area contributed by atoms with Crippen molar-refractivity contribution in [2.45, 2.75) is 12.8 Å². The van der Waals surface area contributed by atoms with Crippen LogP contribution in [0.15, 0.2) is 17.7 Å². The molecule has 0 aromatic heterocycles. The molecule has 0 radical (unpaired) electrons. The highest BCUT2D eigenvalue weighted by molar-refractivity contribution is 6.32. The van der Waals surface area contributed by atoms with Gasteiger partial charge in [0.2, 0.25) is 0 Å². The summed E-state index contributed by atoms with van der Waals surface area (Å²) in [6.07, 6.45) is 3.38. The minimum atomic E-state index is -0.279. The molecule has 1 amide bonds. The fourth-order valence-corrected chi connectivity index (χ4v) is 2.45. The maximum absolute atomic E-state index is 12.2. The Hall–Kier alpha value is -2.19. The van der Waals surface area contributed by atoms with Gasteiger partial charge in [-0.1, -0.05) is 11.6 Å². The second-order valence-electron chi connectivity index (χ2n) is 4.72. The first-order valence-electron chi connectivity index (χ1n) is 6.54. The highest BCUT2D eigenvalue weighted by Crippen LogP contribution is 2.35. The number of nitriles is 1. The highest BCUT2D eigenvalue weighted by atomic mass is 35.5. The van der Waals surface area contributed by atoms with Crippen LogP contribution in [0.3, 0.4) is 0 Å². The number of halogens is 1. The van der Waals surface area contributed by atoms with E-state index in [1.807, 2.05) is 6.07 Å². The molecular weight excluding hydrogens is 292 g/mol. The van der Waals surface area contributed by atoms with Gasteiger partial charge in [-0.15, -0.1) is 0 Å². The van der Waals surface area contributed by atoms with Gasteiger partial charge in [0, 0.05) is 13.1 Å². The molecule has 0 bridgehead atoms. The third-order valence-electron chi connectivity index (χ3n) is 3.33. The van der Waals surface area contributed by atoms with Crippen molar-refractivity contribution >= 4 is 23.6 Å². The van der Waals surface area contributed by atoms with E-state index in [9.17, 15) is 15.2 Å². The zero-order valence-electron chi connectivity index (χ0n) is 11.6. The largest absolute Gasteiger partial charge is 0.503 e. The lowest BCUT2D eigenvalue weighted by atomic mass is 10.1. The van der Waals surface area contributed by atoms with E-state index in [0.29, 0.717) is 18.7 Å². The molecule has 110 valence electrons. The fraction of sp³-hybridized carbons (Fsp3) is 0.333. The lowest BCUT2D eigenvalue weighted by molar-refractivity contribution is -0.125. The van der Waals surface area contributed by atoms with Crippen LogP contribution in [0.4, 0.5) is 0 Å². The summed E-state index contributed by atoms with van der Waals surface area (Å²) in [7, 11) is 1.40. The average molecular weight is 307 g/mol. The summed E-state index contributed by atoms with van der Waals surface area (Å²) in [4.78, 5) is 13.9. The molecule has 0 unspecified atom stereocenters. The Morgan fingerprint density at radius 3 is 2.71 bits per heavy atom. The number of amides is 1. The van der Waals surface area contributed by atoms with Crippen molar-refractivity contribution in [3.63, 3.8) is 0 Å². The van der Waals surface area contributed by atoms with Gasteiger partial charge in [0.15, 0.2) is 11.5 Å². The number of phenols is 1. The maximum atomic E-state index is 12.2. The SMILES string of the molecule is COc1cc(/C=C(\C#N)C(=O)N2CCCC2)cc(Cl)c1O. The number of hydrogen-bond acceptors (Lipinski definition) is 4. The zero-order valence-corrected chi connectivity index (χ0v) is 12.4. The molecule has 0 saturated carbocycles. The van der Waals surface area contributed by atoms with Gasteiger partial charge in [-0.05, 0) is 36.6 Å². The van der Waals surface area contributed by atoms with E-state index in [-0.39, 0.29) is 28.0 Å². The lowest BCUT2D eigenvalue weighted by Gasteiger charge is -2.14. The predicted octanol–water partition coefficient (Wildman–Crippen LogP) is 2.58. The van der Waals surface area contributed by atoms with Crippen molar-refractivity contribution in [3.8, 4) is 17.6 Å². The van der Waals surface area contributed by atoms with Gasteiger partial charge in [-0.2, -0.15) is 5.26 Å². The number of phenolic OH excluding ortho intramolecular Hbond substituents is 1.